The summed E-state index contributed by atoms with van der Waals surface area (Å²) in [5, 5.41) is 0. The summed E-state index contributed by atoms with van der Waals surface area (Å²) in [5.41, 5.74) is 0.793. The van der Waals surface area contributed by atoms with Crippen LogP contribution in [0.2, 0.25) is 0 Å². The van der Waals surface area contributed by atoms with Crippen LogP contribution in [0.1, 0.15) is 29.0 Å². The Kier molecular flexibility index (Phi) is 3.21. The zero-order valence-corrected chi connectivity index (χ0v) is 9.55. The summed E-state index contributed by atoms with van der Waals surface area (Å²) in [6, 6.07) is 3.07. The Morgan fingerprint density at radius 2 is 2.08 bits per heavy atom. The van der Waals surface area contributed by atoms with Gasteiger partial charge in [-0.2, -0.15) is 8.78 Å². The van der Waals surface area contributed by atoms with E-state index in [1.165, 1.54) is 12.3 Å². The van der Waals surface area contributed by atoms with Crippen molar-refractivity contribution in [1.82, 2.24) is 4.98 Å². The van der Waals surface area contributed by atoms with Crippen molar-refractivity contribution in [2.45, 2.75) is 23.7 Å². The predicted octanol–water partition coefficient (Wildman–Crippen LogP) is 3.69. The Morgan fingerprint density at radius 1 is 1.46 bits per heavy atom. The van der Waals surface area contributed by atoms with Crippen LogP contribution in [-0.2, 0) is 5.92 Å². The van der Waals surface area contributed by atoms with E-state index in [4.69, 9.17) is 0 Å². The van der Waals surface area contributed by atoms with E-state index in [1.807, 2.05) is 6.92 Å². The Balaban J connectivity index is 2.94. The first-order valence-corrected chi connectivity index (χ1v) is 5.14. The molecule has 0 amide bonds. The molecule has 0 saturated carbocycles. The largest absolute Gasteiger partial charge is 0.286 e. The first-order valence-electron chi connectivity index (χ1n) is 3.89. The lowest BCUT2D eigenvalue weighted by Crippen LogP contribution is -2.09. The van der Waals surface area contributed by atoms with Crippen LogP contribution in [0.15, 0.2) is 18.3 Å². The van der Waals surface area contributed by atoms with Gasteiger partial charge in [0.25, 0.3) is 5.92 Å². The molecule has 0 aromatic carbocycles. The maximum absolute atomic E-state index is 12.7. The summed E-state index contributed by atoms with van der Waals surface area (Å²) in [6.45, 7) is 2.84. The van der Waals surface area contributed by atoms with Crippen LogP contribution < -0.4 is 0 Å². The second-order valence-corrected chi connectivity index (χ2v) is 4.85. The molecule has 0 saturated heterocycles. The van der Waals surface area contributed by atoms with Crippen molar-refractivity contribution < 1.29 is 8.78 Å². The molecular formula is C9H10F2IN. The van der Waals surface area contributed by atoms with Gasteiger partial charge in [-0.3, -0.25) is 4.98 Å². The molecule has 1 heterocycles. The maximum Gasteiger partial charge on any atom is 0.286 e. The molecular weight excluding hydrogens is 287 g/mol. The molecule has 0 aliphatic rings. The molecule has 1 atom stereocenters. The fourth-order valence-electron chi connectivity index (χ4n) is 0.900. The fourth-order valence-corrected chi connectivity index (χ4v) is 1.27. The van der Waals surface area contributed by atoms with Gasteiger partial charge in [0.2, 0.25) is 0 Å². The van der Waals surface area contributed by atoms with Crippen LogP contribution in [0.25, 0.3) is 0 Å². The number of hydrogen-bond donors (Lipinski definition) is 0. The minimum Gasteiger partial charge on any atom is -0.255 e. The Bertz CT molecular complexity index is 277. The molecule has 1 nitrogen and oxygen atoms in total. The number of nitrogens with zero attached hydrogens (tertiary/aromatic N) is 1. The van der Waals surface area contributed by atoms with E-state index in [-0.39, 0.29) is 5.69 Å². The molecule has 0 bridgehead atoms. The van der Waals surface area contributed by atoms with E-state index in [2.05, 4.69) is 27.6 Å². The van der Waals surface area contributed by atoms with Crippen LogP contribution in [0, 0.1) is 0 Å². The van der Waals surface area contributed by atoms with E-state index < -0.39 is 5.92 Å². The Morgan fingerprint density at radius 3 is 2.38 bits per heavy atom. The molecule has 0 aliphatic carbocycles. The molecule has 4 heteroatoms. The van der Waals surface area contributed by atoms with Crippen molar-refractivity contribution in [3.63, 3.8) is 0 Å². The minimum atomic E-state index is -2.84. The summed E-state index contributed by atoms with van der Waals surface area (Å²) < 4.78 is 25.7. The zero-order valence-electron chi connectivity index (χ0n) is 7.39. The number of alkyl halides is 3. The summed E-state index contributed by atoms with van der Waals surface area (Å²) in [6.07, 6.45) is 1.50. The maximum atomic E-state index is 12.7. The summed E-state index contributed by atoms with van der Waals surface area (Å²) in [5.74, 6) is -2.84. The molecule has 0 spiro atoms. The van der Waals surface area contributed by atoms with Gasteiger partial charge in [0.05, 0.1) is 0 Å². The van der Waals surface area contributed by atoms with Crippen LogP contribution in [0.4, 0.5) is 8.78 Å². The van der Waals surface area contributed by atoms with E-state index in [1.54, 1.807) is 6.07 Å². The molecule has 0 N–H and O–H groups in total. The fraction of sp³-hybridized carbons (Fsp3) is 0.444. The van der Waals surface area contributed by atoms with Gasteiger partial charge in [-0.15, -0.1) is 0 Å². The molecule has 0 radical (unpaired) electrons. The lowest BCUT2D eigenvalue weighted by atomic mass is 10.2. The number of rotatable bonds is 2. The van der Waals surface area contributed by atoms with Crippen molar-refractivity contribution in [2.24, 2.45) is 0 Å². The van der Waals surface area contributed by atoms with Gasteiger partial charge in [-0.1, -0.05) is 28.7 Å². The Labute approximate surface area is 89.7 Å². The highest BCUT2D eigenvalue weighted by molar-refractivity contribution is 14.1. The SMILES string of the molecule is CC(I)c1ccc(C(C)(F)F)nc1. The normalized spacial score (nSPS) is 14.2. The van der Waals surface area contributed by atoms with E-state index in [0.29, 0.717) is 3.92 Å². The topological polar surface area (TPSA) is 12.9 Å². The van der Waals surface area contributed by atoms with Gasteiger partial charge >= 0.3 is 0 Å². The van der Waals surface area contributed by atoms with E-state index >= 15 is 0 Å². The standard InChI is InChI=1S/C9H10F2IN/c1-6(12)7-3-4-8(13-5-7)9(2,10)11/h3-6H,1-2H3. The second kappa shape index (κ2) is 3.86. The second-order valence-electron chi connectivity index (χ2n) is 2.98. The van der Waals surface area contributed by atoms with Crippen molar-refractivity contribution in [3.05, 3.63) is 29.6 Å². The predicted molar refractivity (Wildman–Crippen MR) is 56.2 cm³/mol. The molecule has 1 aromatic heterocycles. The van der Waals surface area contributed by atoms with Gasteiger partial charge in [-0.05, 0) is 18.6 Å². The quantitative estimate of drug-likeness (QED) is 0.599. The van der Waals surface area contributed by atoms with Crippen molar-refractivity contribution in [3.8, 4) is 0 Å². The Hall–Kier alpha value is -0.260. The summed E-state index contributed by atoms with van der Waals surface area (Å²) >= 11 is 2.21. The van der Waals surface area contributed by atoms with E-state index in [9.17, 15) is 8.78 Å². The molecule has 1 aromatic rings. The number of halogens is 3. The van der Waals surface area contributed by atoms with Crippen LogP contribution >= 0.6 is 22.6 Å². The van der Waals surface area contributed by atoms with Crippen molar-refractivity contribution in [2.75, 3.05) is 0 Å². The van der Waals surface area contributed by atoms with Gasteiger partial charge in [-0.25, -0.2) is 0 Å². The first kappa shape index (κ1) is 10.8. The van der Waals surface area contributed by atoms with Gasteiger partial charge in [0.15, 0.2) is 0 Å². The lowest BCUT2D eigenvalue weighted by Gasteiger charge is -2.10. The number of aromatic nitrogens is 1. The summed E-state index contributed by atoms with van der Waals surface area (Å²) in [7, 11) is 0. The van der Waals surface area contributed by atoms with Crippen LogP contribution in [0.3, 0.4) is 0 Å². The van der Waals surface area contributed by atoms with Crippen molar-refractivity contribution in [1.29, 1.82) is 0 Å². The zero-order chi connectivity index (χ0) is 10.1. The molecule has 13 heavy (non-hydrogen) atoms. The third kappa shape index (κ3) is 2.86. The smallest absolute Gasteiger partial charge is 0.255 e. The third-order valence-corrected chi connectivity index (χ3v) is 2.41. The minimum absolute atomic E-state index is 0.173. The number of hydrogen-bond acceptors (Lipinski definition) is 1. The van der Waals surface area contributed by atoms with E-state index in [0.717, 1.165) is 12.5 Å². The number of pyridine rings is 1. The van der Waals surface area contributed by atoms with Gasteiger partial charge < -0.3 is 0 Å². The molecule has 0 aliphatic heterocycles. The van der Waals surface area contributed by atoms with Crippen molar-refractivity contribution >= 4 is 22.6 Å². The highest BCUT2D eigenvalue weighted by Gasteiger charge is 2.25. The van der Waals surface area contributed by atoms with Gasteiger partial charge in [0, 0.05) is 17.0 Å². The molecule has 0 fully saturated rings. The first-order chi connectivity index (χ1) is 5.91. The molecule has 72 valence electrons. The molecule has 1 rings (SSSR count). The molecule has 1 unspecified atom stereocenters. The third-order valence-electron chi connectivity index (χ3n) is 1.70. The highest BCUT2D eigenvalue weighted by atomic mass is 127. The van der Waals surface area contributed by atoms with Crippen LogP contribution in [-0.4, -0.2) is 4.98 Å². The monoisotopic (exact) mass is 297 g/mol. The van der Waals surface area contributed by atoms with Gasteiger partial charge in [0.1, 0.15) is 5.69 Å². The summed E-state index contributed by atoms with van der Waals surface area (Å²) in [4.78, 5) is 3.72. The average molecular weight is 297 g/mol. The lowest BCUT2D eigenvalue weighted by molar-refractivity contribution is 0.0127. The average Bonchev–Trinajstić information content (AvgIpc) is 2.03. The highest BCUT2D eigenvalue weighted by Crippen LogP contribution is 2.27. The van der Waals surface area contributed by atoms with Crippen LogP contribution in [0.5, 0.6) is 0 Å².